The van der Waals surface area contributed by atoms with Crippen molar-refractivity contribution < 1.29 is 14.0 Å². The van der Waals surface area contributed by atoms with Crippen molar-refractivity contribution in [3.8, 4) is 0 Å². The number of rotatable bonds is 1. The van der Waals surface area contributed by atoms with E-state index < -0.39 is 17.3 Å². The van der Waals surface area contributed by atoms with E-state index in [2.05, 4.69) is 21.2 Å². The molecule has 114 valence electrons. The standard InChI is InChI=1S/C15H18BrFN2O2/c1-8-5-10(17)9(16)6-11(8)19-7-12(20)18-13(14(19)21)15(2,3)4/h5-6,13H,7H2,1-4H3,(H,18,20). The van der Waals surface area contributed by atoms with E-state index in [0.29, 0.717) is 11.3 Å². The van der Waals surface area contributed by atoms with Crippen LogP contribution in [0.15, 0.2) is 16.6 Å². The summed E-state index contributed by atoms with van der Waals surface area (Å²) >= 11 is 3.12. The zero-order valence-corrected chi connectivity index (χ0v) is 14.0. The van der Waals surface area contributed by atoms with Gasteiger partial charge in [0.25, 0.3) is 5.91 Å². The minimum atomic E-state index is -0.595. The number of halogens is 2. The maximum atomic E-state index is 13.5. The maximum Gasteiger partial charge on any atom is 0.250 e. The summed E-state index contributed by atoms with van der Waals surface area (Å²) in [6.07, 6.45) is 0. The molecule has 1 aliphatic rings. The molecule has 1 fully saturated rings. The summed E-state index contributed by atoms with van der Waals surface area (Å²) in [5, 5.41) is 2.74. The van der Waals surface area contributed by atoms with Gasteiger partial charge >= 0.3 is 0 Å². The number of hydrogen-bond donors (Lipinski definition) is 1. The Hall–Kier alpha value is -1.43. The Morgan fingerprint density at radius 3 is 2.52 bits per heavy atom. The van der Waals surface area contributed by atoms with Crippen LogP contribution in [-0.4, -0.2) is 24.4 Å². The monoisotopic (exact) mass is 356 g/mol. The second-order valence-electron chi connectivity index (χ2n) is 6.34. The van der Waals surface area contributed by atoms with Crippen LogP contribution < -0.4 is 10.2 Å². The van der Waals surface area contributed by atoms with Crippen molar-refractivity contribution in [2.24, 2.45) is 5.41 Å². The molecule has 0 saturated carbocycles. The van der Waals surface area contributed by atoms with E-state index in [1.807, 2.05) is 20.8 Å². The first-order chi connectivity index (χ1) is 9.61. The molecule has 0 radical (unpaired) electrons. The number of carbonyl (C=O) groups is 2. The average molecular weight is 357 g/mol. The van der Waals surface area contributed by atoms with Crippen molar-refractivity contribution >= 4 is 33.4 Å². The van der Waals surface area contributed by atoms with E-state index in [1.165, 1.54) is 11.0 Å². The van der Waals surface area contributed by atoms with Crippen molar-refractivity contribution in [2.75, 3.05) is 11.4 Å². The first-order valence-corrected chi connectivity index (χ1v) is 7.47. The third-order valence-electron chi connectivity index (χ3n) is 3.52. The van der Waals surface area contributed by atoms with Crippen LogP contribution in [0.1, 0.15) is 26.3 Å². The Balaban J connectivity index is 2.45. The van der Waals surface area contributed by atoms with Crippen LogP contribution in [0, 0.1) is 18.2 Å². The summed E-state index contributed by atoms with van der Waals surface area (Å²) in [6, 6.07) is 2.30. The van der Waals surface area contributed by atoms with Gasteiger partial charge in [-0.25, -0.2) is 4.39 Å². The molecule has 4 nitrogen and oxygen atoms in total. The third-order valence-corrected chi connectivity index (χ3v) is 4.12. The van der Waals surface area contributed by atoms with Gasteiger partial charge < -0.3 is 10.2 Å². The number of benzene rings is 1. The van der Waals surface area contributed by atoms with Crippen molar-refractivity contribution in [3.63, 3.8) is 0 Å². The Morgan fingerprint density at radius 1 is 1.33 bits per heavy atom. The highest BCUT2D eigenvalue weighted by Crippen LogP contribution is 2.31. The zero-order valence-electron chi connectivity index (χ0n) is 12.5. The summed E-state index contributed by atoms with van der Waals surface area (Å²) in [4.78, 5) is 26.0. The van der Waals surface area contributed by atoms with Gasteiger partial charge in [0.2, 0.25) is 5.91 Å². The first-order valence-electron chi connectivity index (χ1n) is 6.67. The first kappa shape index (κ1) is 15.9. The molecule has 1 aromatic rings. The molecule has 0 aromatic heterocycles. The number of nitrogens with zero attached hydrogens (tertiary/aromatic N) is 1. The summed E-state index contributed by atoms with van der Waals surface area (Å²) in [7, 11) is 0. The van der Waals surface area contributed by atoms with Crippen molar-refractivity contribution in [2.45, 2.75) is 33.7 Å². The van der Waals surface area contributed by atoms with Crippen LogP contribution in [0.2, 0.25) is 0 Å². The highest BCUT2D eigenvalue weighted by molar-refractivity contribution is 9.10. The lowest BCUT2D eigenvalue weighted by Gasteiger charge is -2.39. The normalized spacial score (nSPS) is 19.7. The lowest BCUT2D eigenvalue weighted by atomic mass is 9.84. The van der Waals surface area contributed by atoms with E-state index in [0.717, 1.165) is 0 Å². The minimum Gasteiger partial charge on any atom is -0.342 e. The number of anilines is 1. The molecule has 1 heterocycles. The minimum absolute atomic E-state index is 0.0513. The van der Waals surface area contributed by atoms with Crippen LogP contribution in [-0.2, 0) is 9.59 Å². The zero-order chi connectivity index (χ0) is 15.9. The fourth-order valence-electron chi connectivity index (χ4n) is 2.36. The van der Waals surface area contributed by atoms with Gasteiger partial charge in [0.05, 0.1) is 4.47 Å². The van der Waals surface area contributed by atoms with Gasteiger partial charge in [-0.1, -0.05) is 20.8 Å². The van der Waals surface area contributed by atoms with Crippen molar-refractivity contribution in [1.29, 1.82) is 0 Å². The van der Waals surface area contributed by atoms with Crippen LogP contribution in [0.25, 0.3) is 0 Å². The van der Waals surface area contributed by atoms with E-state index in [9.17, 15) is 14.0 Å². The molecule has 2 rings (SSSR count). The van der Waals surface area contributed by atoms with Crippen LogP contribution >= 0.6 is 15.9 Å². The second-order valence-corrected chi connectivity index (χ2v) is 7.20. The van der Waals surface area contributed by atoms with Crippen molar-refractivity contribution in [1.82, 2.24) is 5.32 Å². The van der Waals surface area contributed by atoms with Gasteiger partial charge in [0, 0.05) is 5.69 Å². The molecule has 1 atom stereocenters. The molecule has 21 heavy (non-hydrogen) atoms. The quantitative estimate of drug-likeness (QED) is 0.840. The molecule has 6 heteroatoms. The van der Waals surface area contributed by atoms with Gasteiger partial charge in [-0.2, -0.15) is 0 Å². The van der Waals surface area contributed by atoms with Crippen LogP contribution in [0.3, 0.4) is 0 Å². The molecule has 2 amide bonds. The molecular formula is C15H18BrFN2O2. The Bertz CT molecular complexity index is 610. The number of hydrogen-bond acceptors (Lipinski definition) is 2. The topological polar surface area (TPSA) is 49.4 Å². The molecule has 0 aliphatic carbocycles. The average Bonchev–Trinajstić information content (AvgIpc) is 2.35. The Morgan fingerprint density at radius 2 is 1.95 bits per heavy atom. The SMILES string of the molecule is Cc1cc(F)c(Br)cc1N1CC(=O)NC(C(C)(C)C)C1=O. The number of aryl methyl sites for hydroxylation is 1. The molecule has 1 aromatic carbocycles. The second kappa shape index (κ2) is 5.40. The van der Waals surface area contributed by atoms with E-state index >= 15 is 0 Å². The van der Waals surface area contributed by atoms with E-state index in [4.69, 9.17) is 0 Å². The predicted octanol–water partition coefficient (Wildman–Crippen LogP) is 2.77. The van der Waals surface area contributed by atoms with E-state index in [1.54, 1.807) is 13.0 Å². The number of amides is 2. The summed E-state index contributed by atoms with van der Waals surface area (Å²) in [6.45, 7) is 7.35. The molecule has 0 spiro atoms. The molecular weight excluding hydrogens is 339 g/mol. The fourth-order valence-corrected chi connectivity index (χ4v) is 2.69. The van der Waals surface area contributed by atoms with Gasteiger partial charge in [0.1, 0.15) is 18.4 Å². The molecule has 0 bridgehead atoms. The van der Waals surface area contributed by atoms with Crippen LogP contribution in [0.5, 0.6) is 0 Å². The molecule has 1 N–H and O–H groups in total. The smallest absolute Gasteiger partial charge is 0.250 e. The highest BCUT2D eigenvalue weighted by Gasteiger charge is 2.40. The number of nitrogens with one attached hydrogen (secondary N) is 1. The summed E-state index contributed by atoms with van der Waals surface area (Å²) in [5.74, 6) is -0.782. The van der Waals surface area contributed by atoms with E-state index in [-0.39, 0.29) is 22.8 Å². The lowest BCUT2D eigenvalue weighted by molar-refractivity contribution is -0.133. The Labute approximate surface area is 131 Å². The third kappa shape index (κ3) is 3.10. The predicted molar refractivity (Wildman–Crippen MR) is 82.6 cm³/mol. The van der Waals surface area contributed by atoms with Gasteiger partial charge in [-0.3, -0.25) is 9.59 Å². The maximum absolute atomic E-state index is 13.5. The van der Waals surface area contributed by atoms with Gasteiger partial charge in [-0.05, 0) is 46.0 Å². The van der Waals surface area contributed by atoms with Gasteiger partial charge in [-0.15, -0.1) is 0 Å². The fraction of sp³-hybridized carbons (Fsp3) is 0.467. The summed E-state index contributed by atoms with van der Waals surface area (Å²) < 4.78 is 13.8. The molecule has 1 aliphatic heterocycles. The van der Waals surface area contributed by atoms with Crippen LogP contribution in [0.4, 0.5) is 10.1 Å². The Kier molecular flexibility index (Phi) is 4.10. The number of carbonyl (C=O) groups excluding carboxylic acids is 2. The van der Waals surface area contributed by atoms with Crippen molar-refractivity contribution in [3.05, 3.63) is 28.0 Å². The molecule has 1 unspecified atom stereocenters. The largest absolute Gasteiger partial charge is 0.342 e. The lowest BCUT2D eigenvalue weighted by Crippen LogP contribution is -2.62. The molecule has 1 saturated heterocycles. The van der Waals surface area contributed by atoms with Gasteiger partial charge in [0.15, 0.2) is 0 Å². The summed E-state index contributed by atoms with van der Waals surface area (Å²) in [5.41, 5.74) is 0.778. The number of piperazine rings is 1. The highest BCUT2D eigenvalue weighted by atomic mass is 79.9.